The summed E-state index contributed by atoms with van der Waals surface area (Å²) in [4.78, 5) is 30.8. The quantitative estimate of drug-likeness (QED) is 0.463. The number of esters is 1. The van der Waals surface area contributed by atoms with Gasteiger partial charge < -0.3 is 9.15 Å². The molecule has 0 radical (unpaired) electrons. The normalized spacial score (nSPS) is 13.7. The van der Waals surface area contributed by atoms with Gasteiger partial charge in [-0.05, 0) is 42.5 Å². The maximum Gasteiger partial charge on any atom is 0.338 e. The minimum Gasteiger partial charge on any atom is -0.452 e. The standard InChI is InChI=1S/C21H18N4O4S/c26-20-14-8-7-13(11-15(14)22-17-6-2-1-3-9-25(17)20)21(27)28-12-18-23-24-19(29-18)16-5-4-10-30-16/h4-5,7-8,10-11H,1-3,6,9,12H2. The van der Waals surface area contributed by atoms with Crippen LogP contribution in [0.2, 0.25) is 0 Å². The summed E-state index contributed by atoms with van der Waals surface area (Å²) in [6, 6.07) is 8.60. The lowest BCUT2D eigenvalue weighted by Gasteiger charge is -2.10. The van der Waals surface area contributed by atoms with E-state index in [2.05, 4.69) is 15.2 Å². The first-order valence-electron chi connectivity index (χ1n) is 9.76. The van der Waals surface area contributed by atoms with Crippen LogP contribution in [-0.2, 0) is 24.3 Å². The van der Waals surface area contributed by atoms with Crippen molar-refractivity contribution in [1.82, 2.24) is 19.7 Å². The molecule has 1 aromatic carbocycles. The summed E-state index contributed by atoms with van der Waals surface area (Å²) in [5.41, 5.74) is 0.787. The highest BCUT2D eigenvalue weighted by Crippen LogP contribution is 2.23. The van der Waals surface area contributed by atoms with Crippen LogP contribution in [0.15, 0.2) is 44.9 Å². The topological polar surface area (TPSA) is 100 Å². The van der Waals surface area contributed by atoms with Crippen LogP contribution in [0.25, 0.3) is 21.7 Å². The van der Waals surface area contributed by atoms with E-state index >= 15 is 0 Å². The number of rotatable bonds is 4. The lowest BCUT2D eigenvalue weighted by atomic mass is 10.1. The fourth-order valence-corrected chi connectivity index (χ4v) is 4.21. The molecule has 0 saturated heterocycles. The fraction of sp³-hybridized carbons (Fsp3) is 0.286. The zero-order valence-electron chi connectivity index (χ0n) is 16.0. The Morgan fingerprint density at radius 1 is 1.20 bits per heavy atom. The molecule has 5 rings (SSSR count). The number of nitrogens with zero attached hydrogens (tertiary/aromatic N) is 4. The molecule has 0 saturated carbocycles. The molecule has 9 heteroatoms. The molecule has 0 atom stereocenters. The van der Waals surface area contributed by atoms with Crippen LogP contribution in [-0.4, -0.2) is 25.7 Å². The van der Waals surface area contributed by atoms with E-state index in [9.17, 15) is 9.59 Å². The van der Waals surface area contributed by atoms with Gasteiger partial charge in [-0.2, -0.15) is 0 Å². The first kappa shape index (κ1) is 18.7. The summed E-state index contributed by atoms with van der Waals surface area (Å²) in [5.74, 6) is 0.855. The van der Waals surface area contributed by atoms with Gasteiger partial charge in [0.05, 0.1) is 21.3 Å². The van der Waals surface area contributed by atoms with Crippen molar-refractivity contribution in [1.29, 1.82) is 0 Å². The first-order chi connectivity index (χ1) is 14.7. The molecule has 30 heavy (non-hydrogen) atoms. The highest BCUT2D eigenvalue weighted by molar-refractivity contribution is 7.13. The zero-order valence-corrected chi connectivity index (χ0v) is 16.9. The molecule has 4 heterocycles. The van der Waals surface area contributed by atoms with Crippen molar-refractivity contribution in [3.05, 3.63) is 63.3 Å². The van der Waals surface area contributed by atoms with Gasteiger partial charge in [-0.3, -0.25) is 9.36 Å². The summed E-state index contributed by atoms with van der Waals surface area (Å²) in [6.45, 7) is 0.564. The summed E-state index contributed by atoms with van der Waals surface area (Å²) in [6.07, 6.45) is 3.84. The molecular weight excluding hydrogens is 404 g/mol. The van der Waals surface area contributed by atoms with Crippen LogP contribution >= 0.6 is 11.3 Å². The molecule has 4 aromatic rings. The van der Waals surface area contributed by atoms with E-state index in [4.69, 9.17) is 9.15 Å². The molecule has 0 bridgehead atoms. The Morgan fingerprint density at radius 3 is 3.00 bits per heavy atom. The number of hydrogen-bond donors (Lipinski definition) is 0. The Kier molecular flexibility index (Phi) is 4.88. The number of aryl methyl sites for hydroxylation is 1. The molecule has 0 amide bonds. The maximum atomic E-state index is 12.8. The smallest absolute Gasteiger partial charge is 0.338 e. The minimum atomic E-state index is -0.537. The van der Waals surface area contributed by atoms with Gasteiger partial charge in [-0.25, -0.2) is 9.78 Å². The SMILES string of the molecule is O=C(OCc1nnc(-c2cccs2)o1)c1ccc2c(=O)n3c(nc2c1)CCCCC3. The number of ether oxygens (including phenoxy) is 1. The summed E-state index contributed by atoms with van der Waals surface area (Å²) >= 11 is 1.49. The number of hydrogen-bond acceptors (Lipinski definition) is 8. The predicted octanol–water partition coefficient (Wildman–Crippen LogP) is 3.59. The van der Waals surface area contributed by atoms with Crippen molar-refractivity contribution in [2.45, 2.75) is 38.8 Å². The molecule has 3 aromatic heterocycles. The van der Waals surface area contributed by atoms with Gasteiger partial charge in [0.15, 0.2) is 6.61 Å². The van der Waals surface area contributed by atoms with E-state index in [1.165, 1.54) is 11.3 Å². The molecule has 0 unspecified atom stereocenters. The molecule has 0 spiro atoms. The molecule has 0 fully saturated rings. The van der Waals surface area contributed by atoms with Crippen molar-refractivity contribution in [2.24, 2.45) is 0 Å². The minimum absolute atomic E-state index is 0.0521. The van der Waals surface area contributed by atoms with Crippen molar-refractivity contribution in [3.8, 4) is 10.8 Å². The van der Waals surface area contributed by atoms with E-state index in [-0.39, 0.29) is 18.1 Å². The molecule has 8 nitrogen and oxygen atoms in total. The second kappa shape index (κ2) is 7.83. The Bertz CT molecular complexity index is 1280. The van der Waals surface area contributed by atoms with Gasteiger partial charge in [0.25, 0.3) is 17.3 Å². The van der Waals surface area contributed by atoms with Crippen LogP contribution in [0.4, 0.5) is 0 Å². The van der Waals surface area contributed by atoms with E-state index in [0.29, 0.717) is 28.9 Å². The van der Waals surface area contributed by atoms with Gasteiger partial charge in [0.1, 0.15) is 5.82 Å². The van der Waals surface area contributed by atoms with Crippen molar-refractivity contribution in [3.63, 3.8) is 0 Å². The number of fused-ring (bicyclic) bond motifs is 2. The average molecular weight is 422 g/mol. The zero-order chi connectivity index (χ0) is 20.5. The number of carbonyl (C=O) groups excluding carboxylic acids is 1. The van der Waals surface area contributed by atoms with Crippen LogP contribution in [0.1, 0.15) is 41.3 Å². The lowest BCUT2D eigenvalue weighted by molar-refractivity contribution is 0.0439. The number of benzene rings is 1. The number of aromatic nitrogens is 4. The van der Waals surface area contributed by atoms with E-state index in [0.717, 1.165) is 36.4 Å². The average Bonchev–Trinajstić information content (AvgIpc) is 3.40. The molecule has 0 N–H and O–H groups in total. The third-order valence-corrected chi connectivity index (χ3v) is 5.94. The van der Waals surface area contributed by atoms with Crippen LogP contribution < -0.4 is 5.56 Å². The second-order valence-corrected chi connectivity index (χ2v) is 8.03. The van der Waals surface area contributed by atoms with Gasteiger partial charge in [-0.1, -0.05) is 12.5 Å². The summed E-state index contributed by atoms with van der Waals surface area (Å²) < 4.78 is 12.6. The number of carbonyl (C=O) groups is 1. The molecule has 1 aliphatic heterocycles. The highest BCUT2D eigenvalue weighted by Gasteiger charge is 2.17. The summed E-state index contributed by atoms with van der Waals surface area (Å²) in [7, 11) is 0. The Hall–Kier alpha value is -3.33. The van der Waals surface area contributed by atoms with Gasteiger partial charge in [0, 0.05) is 13.0 Å². The van der Waals surface area contributed by atoms with Crippen molar-refractivity contribution in [2.75, 3.05) is 0 Å². The fourth-order valence-electron chi connectivity index (χ4n) is 3.57. The van der Waals surface area contributed by atoms with E-state index in [1.54, 1.807) is 22.8 Å². The van der Waals surface area contributed by atoms with Gasteiger partial charge >= 0.3 is 5.97 Å². The van der Waals surface area contributed by atoms with E-state index in [1.807, 2.05) is 17.5 Å². The predicted molar refractivity (Wildman–Crippen MR) is 110 cm³/mol. The molecule has 1 aliphatic rings. The highest BCUT2D eigenvalue weighted by atomic mass is 32.1. The van der Waals surface area contributed by atoms with E-state index < -0.39 is 5.97 Å². The molecule has 0 aliphatic carbocycles. The van der Waals surface area contributed by atoms with Crippen LogP contribution in [0.5, 0.6) is 0 Å². The first-order valence-corrected chi connectivity index (χ1v) is 10.6. The van der Waals surface area contributed by atoms with Crippen LogP contribution in [0.3, 0.4) is 0 Å². The third kappa shape index (κ3) is 3.52. The summed E-state index contributed by atoms with van der Waals surface area (Å²) in [5, 5.41) is 10.3. The van der Waals surface area contributed by atoms with Crippen molar-refractivity contribution < 1.29 is 13.9 Å². The maximum absolute atomic E-state index is 12.8. The monoisotopic (exact) mass is 422 g/mol. The Morgan fingerprint density at radius 2 is 2.13 bits per heavy atom. The second-order valence-electron chi connectivity index (χ2n) is 7.08. The largest absolute Gasteiger partial charge is 0.452 e. The lowest BCUT2D eigenvalue weighted by Crippen LogP contribution is -2.24. The van der Waals surface area contributed by atoms with Crippen molar-refractivity contribution >= 4 is 28.2 Å². The van der Waals surface area contributed by atoms with Gasteiger partial charge in [0.2, 0.25) is 0 Å². The Balaban J connectivity index is 1.35. The third-order valence-electron chi connectivity index (χ3n) is 5.08. The number of thiophene rings is 1. The molecular formula is C21H18N4O4S. The Labute approximate surface area is 175 Å². The molecule has 152 valence electrons. The van der Waals surface area contributed by atoms with Gasteiger partial charge in [-0.15, -0.1) is 21.5 Å². The van der Waals surface area contributed by atoms with Crippen LogP contribution in [0, 0.1) is 0 Å².